The van der Waals surface area contributed by atoms with Gasteiger partial charge in [0.1, 0.15) is 36.6 Å². The Morgan fingerprint density at radius 1 is 0.493 bits per heavy atom. The van der Waals surface area contributed by atoms with E-state index in [1.807, 2.05) is 0 Å². The number of ether oxygens (including phenoxy) is 2. The van der Waals surface area contributed by atoms with Crippen LogP contribution in [-0.4, -0.2) is 110 Å². The lowest BCUT2D eigenvalue weighted by atomic mass is 9.98. The van der Waals surface area contributed by atoms with Gasteiger partial charge >= 0.3 is 0 Å². The van der Waals surface area contributed by atoms with Gasteiger partial charge in [-0.25, -0.2) is 0 Å². The topological polar surface area (TPSA) is 189 Å². The normalized spacial score (nSPS) is 20.6. The SMILES string of the molecule is CCCCCCCCCCCCCCCCCCCC/C=C/CC/C=C/CC/C=C/CCCC(O)C(O)C(COC1OC(CO)C(O)C(O)C1O)NC(=O)C(O)CCCCCCCCCCCCC. The van der Waals surface area contributed by atoms with Crippen molar-refractivity contribution in [1.29, 1.82) is 0 Å². The summed E-state index contributed by atoms with van der Waals surface area (Å²) in [7, 11) is 0. The zero-order valence-electron chi connectivity index (χ0n) is 44.3. The second-order valence-corrected chi connectivity index (χ2v) is 20.3. The van der Waals surface area contributed by atoms with Gasteiger partial charge in [0.15, 0.2) is 6.29 Å². The third-order valence-electron chi connectivity index (χ3n) is 13.9. The van der Waals surface area contributed by atoms with E-state index < -0.39 is 74.2 Å². The second-order valence-electron chi connectivity index (χ2n) is 20.3. The highest BCUT2D eigenvalue weighted by Gasteiger charge is 2.44. The highest BCUT2D eigenvalue weighted by molar-refractivity contribution is 5.80. The Labute approximate surface area is 422 Å². The molecule has 69 heavy (non-hydrogen) atoms. The average Bonchev–Trinajstić information content (AvgIpc) is 3.35. The van der Waals surface area contributed by atoms with E-state index in [-0.39, 0.29) is 12.8 Å². The van der Waals surface area contributed by atoms with E-state index in [1.165, 1.54) is 167 Å². The maximum absolute atomic E-state index is 13.1. The van der Waals surface area contributed by atoms with Crippen LogP contribution in [0.25, 0.3) is 0 Å². The summed E-state index contributed by atoms with van der Waals surface area (Å²) >= 11 is 0. The molecule has 406 valence electrons. The molecular formula is C58H109NO10. The molecule has 0 saturated carbocycles. The van der Waals surface area contributed by atoms with Crippen molar-refractivity contribution in [2.75, 3.05) is 13.2 Å². The first-order valence-electron chi connectivity index (χ1n) is 28.9. The Morgan fingerprint density at radius 3 is 1.29 bits per heavy atom. The van der Waals surface area contributed by atoms with Gasteiger partial charge in [-0.05, 0) is 64.2 Å². The number of unbranched alkanes of at least 4 members (excludes halogenated alkanes) is 31. The van der Waals surface area contributed by atoms with Gasteiger partial charge in [0.2, 0.25) is 5.91 Å². The van der Waals surface area contributed by atoms with E-state index in [2.05, 4.69) is 55.6 Å². The first-order chi connectivity index (χ1) is 33.7. The van der Waals surface area contributed by atoms with E-state index in [0.717, 1.165) is 44.9 Å². The average molecular weight is 981 g/mol. The number of nitrogens with one attached hydrogen (secondary N) is 1. The number of aliphatic hydroxyl groups is 7. The third kappa shape index (κ3) is 36.0. The molecule has 11 nitrogen and oxygen atoms in total. The lowest BCUT2D eigenvalue weighted by molar-refractivity contribution is -0.303. The van der Waals surface area contributed by atoms with Gasteiger partial charge in [-0.15, -0.1) is 0 Å². The Kier molecular flexibility index (Phi) is 44.8. The highest BCUT2D eigenvalue weighted by Crippen LogP contribution is 2.23. The van der Waals surface area contributed by atoms with Crippen molar-refractivity contribution in [2.24, 2.45) is 0 Å². The van der Waals surface area contributed by atoms with Gasteiger partial charge in [0.05, 0.1) is 25.4 Å². The summed E-state index contributed by atoms with van der Waals surface area (Å²) in [4.78, 5) is 13.1. The highest BCUT2D eigenvalue weighted by atomic mass is 16.7. The van der Waals surface area contributed by atoms with Crippen molar-refractivity contribution in [2.45, 2.75) is 313 Å². The summed E-state index contributed by atoms with van der Waals surface area (Å²) in [5.41, 5.74) is 0. The second kappa shape index (κ2) is 47.3. The molecule has 0 aromatic rings. The number of rotatable bonds is 49. The lowest BCUT2D eigenvalue weighted by Crippen LogP contribution is -2.60. The number of hydrogen-bond acceptors (Lipinski definition) is 10. The van der Waals surface area contributed by atoms with Gasteiger partial charge in [-0.1, -0.05) is 230 Å². The van der Waals surface area contributed by atoms with Crippen LogP contribution >= 0.6 is 0 Å². The van der Waals surface area contributed by atoms with Gasteiger partial charge in [-0.2, -0.15) is 0 Å². The van der Waals surface area contributed by atoms with Crippen LogP contribution in [0, 0.1) is 0 Å². The minimum atomic E-state index is -1.67. The predicted octanol–water partition coefficient (Wildman–Crippen LogP) is 11.9. The number of allylic oxidation sites excluding steroid dienone is 6. The minimum Gasteiger partial charge on any atom is -0.394 e. The van der Waals surface area contributed by atoms with E-state index in [9.17, 15) is 40.5 Å². The Balaban J connectivity index is 2.27. The number of carbonyl (C=O) groups is 1. The summed E-state index contributed by atoms with van der Waals surface area (Å²) in [6.07, 6.45) is 46.6. The molecule has 1 aliphatic heterocycles. The molecule has 8 N–H and O–H groups in total. The van der Waals surface area contributed by atoms with Crippen LogP contribution in [0.15, 0.2) is 36.5 Å². The standard InChI is InChI=1S/C58H109NO10/c1-3-5-7-9-11-13-15-16-17-18-19-20-21-22-23-24-25-26-27-28-29-30-31-32-33-34-36-37-39-41-43-45-50(61)53(63)49(48-68-58-56(66)55(65)54(64)52(47-60)69-58)59-57(67)51(62)46-44-42-40-38-35-14-12-10-8-6-4-2/h28-29,32-33,37,39,49-56,58,60-66H,3-27,30-31,34-36,38,40-48H2,1-2H3,(H,59,67)/b29-28+,33-32+,39-37+. The number of carbonyl (C=O) groups excluding carboxylic acids is 1. The van der Waals surface area contributed by atoms with E-state index in [4.69, 9.17) is 9.47 Å². The molecule has 1 amide bonds. The predicted molar refractivity (Wildman–Crippen MR) is 284 cm³/mol. The molecule has 1 aliphatic rings. The van der Waals surface area contributed by atoms with Gasteiger partial charge in [0, 0.05) is 0 Å². The summed E-state index contributed by atoms with van der Waals surface area (Å²) in [6, 6.07) is -1.19. The smallest absolute Gasteiger partial charge is 0.249 e. The largest absolute Gasteiger partial charge is 0.394 e. The molecule has 1 fully saturated rings. The molecule has 0 spiro atoms. The molecule has 1 heterocycles. The fourth-order valence-electron chi connectivity index (χ4n) is 9.18. The van der Waals surface area contributed by atoms with Crippen molar-refractivity contribution in [3.63, 3.8) is 0 Å². The van der Waals surface area contributed by atoms with Gasteiger partial charge in [0.25, 0.3) is 0 Å². The zero-order valence-corrected chi connectivity index (χ0v) is 44.3. The molecule has 9 atom stereocenters. The monoisotopic (exact) mass is 980 g/mol. The minimum absolute atomic E-state index is 0.242. The number of aliphatic hydroxyl groups excluding tert-OH is 7. The van der Waals surface area contributed by atoms with Crippen LogP contribution in [-0.2, 0) is 14.3 Å². The van der Waals surface area contributed by atoms with E-state index >= 15 is 0 Å². The number of hydrogen-bond donors (Lipinski definition) is 8. The van der Waals surface area contributed by atoms with Crippen LogP contribution in [0.5, 0.6) is 0 Å². The third-order valence-corrected chi connectivity index (χ3v) is 13.9. The summed E-state index contributed by atoms with van der Waals surface area (Å²) < 4.78 is 11.1. The van der Waals surface area contributed by atoms with Crippen molar-refractivity contribution in [3.05, 3.63) is 36.5 Å². The lowest BCUT2D eigenvalue weighted by Gasteiger charge is -2.40. The van der Waals surface area contributed by atoms with Crippen LogP contribution in [0.2, 0.25) is 0 Å². The Bertz CT molecular complexity index is 1210. The first kappa shape index (κ1) is 65.3. The van der Waals surface area contributed by atoms with Gasteiger partial charge < -0.3 is 50.5 Å². The van der Waals surface area contributed by atoms with Crippen LogP contribution in [0.3, 0.4) is 0 Å². The first-order valence-corrected chi connectivity index (χ1v) is 28.9. The van der Waals surface area contributed by atoms with Crippen LogP contribution in [0.1, 0.15) is 258 Å². The molecule has 0 aliphatic carbocycles. The molecule has 0 radical (unpaired) electrons. The molecule has 0 aromatic carbocycles. The molecular weight excluding hydrogens is 871 g/mol. The molecule has 0 aromatic heterocycles. The van der Waals surface area contributed by atoms with Gasteiger partial charge in [-0.3, -0.25) is 4.79 Å². The quantitative estimate of drug-likeness (QED) is 0.0215. The summed E-state index contributed by atoms with van der Waals surface area (Å²) in [6.45, 7) is 3.43. The van der Waals surface area contributed by atoms with E-state index in [0.29, 0.717) is 19.3 Å². The zero-order chi connectivity index (χ0) is 50.4. The molecule has 9 unspecified atom stereocenters. The number of amides is 1. The molecule has 11 heteroatoms. The summed E-state index contributed by atoms with van der Waals surface area (Å²) in [5, 5.41) is 75.8. The van der Waals surface area contributed by atoms with Crippen LogP contribution < -0.4 is 5.32 Å². The fraction of sp³-hybridized carbons (Fsp3) is 0.879. The molecule has 1 rings (SSSR count). The molecule has 0 bridgehead atoms. The van der Waals surface area contributed by atoms with Crippen molar-refractivity contribution in [3.8, 4) is 0 Å². The fourth-order valence-corrected chi connectivity index (χ4v) is 9.18. The van der Waals surface area contributed by atoms with E-state index in [1.54, 1.807) is 0 Å². The van der Waals surface area contributed by atoms with Crippen LogP contribution in [0.4, 0.5) is 0 Å². The maximum Gasteiger partial charge on any atom is 0.249 e. The molecule has 1 saturated heterocycles. The Hall–Kier alpha value is -1.67. The van der Waals surface area contributed by atoms with Crippen molar-refractivity contribution >= 4 is 5.91 Å². The Morgan fingerprint density at radius 2 is 0.870 bits per heavy atom. The van der Waals surface area contributed by atoms with Crippen molar-refractivity contribution < 1.29 is 50.0 Å². The summed E-state index contributed by atoms with van der Waals surface area (Å²) in [5.74, 6) is -0.713. The maximum atomic E-state index is 13.1. The van der Waals surface area contributed by atoms with Crippen molar-refractivity contribution in [1.82, 2.24) is 5.32 Å².